The molecule has 2 heterocycles. The van der Waals surface area contributed by atoms with Gasteiger partial charge in [-0.25, -0.2) is 0 Å². The van der Waals surface area contributed by atoms with Gasteiger partial charge in [0.15, 0.2) is 5.78 Å². The highest BCUT2D eigenvalue weighted by molar-refractivity contribution is 6.30. The molecule has 0 aliphatic carbocycles. The summed E-state index contributed by atoms with van der Waals surface area (Å²) in [6.45, 7) is 6.39. The molecule has 1 aromatic rings. The van der Waals surface area contributed by atoms with E-state index < -0.39 is 0 Å². The number of ketones is 1. The molecule has 1 aromatic carbocycles. The molecule has 0 bridgehead atoms. The average molecular weight is 293 g/mol. The fourth-order valence-electron chi connectivity index (χ4n) is 3.39. The standard InChI is InChI=1S/C16H21ClN2O/c1-12(16(20)13-4-6-14(17)7-5-13)19-10-9-18-8-2-3-15(18)11-19/h4-7,12,15H,2-3,8-11H2,1H3. The molecule has 2 aliphatic heterocycles. The first kappa shape index (κ1) is 14.1. The van der Waals surface area contributed by atoms with Gasteiger partial charge in [0.2, 0.25) is 0 Å². The van der Waals surface area contributed by atoms with Crippen LogP contribution in [-0.4, -0.2) is 53.8 Å². The van der Waals surface area contributed by atoms with E-state index in [4.69, 9.17) is 11.6 Å². The van der Waals surface area contributed by atoms with E-state index in [0.29, 0.717) is 11.1 Å². The van der Waals surface area contributed by atoms with Crippen LogP contribution in [0.5, 0.6) is 0 Å². The molecule has 2 fully saturated rings. The Morgan fingerprint density at radius 3 is 2.75 bits per heavy atom. The molecular weight excluding hydrogens is 272 g/mol. The number of hydrogen-bond acceptors (Lipinski definition) is 3. The van der Waals surface area contributed by atoms with Gasteiger partial charge in [-0.1, -0.05) is 11.6 Å². The lowest BCUT2D eigenvalue weighted by Gasteiger charge is -2.40. The Bertz CT molecular complexity index is 488. The predicted octanol–water partition coefficient (Wildman–Crippen LogP) is 2.69. The summed E-state index contributed by atoms with van der Waals surface area (Å²) in [5, 5.41) is 0.675. The molecule has 3 rings (SSSR count). The van der Waals surface area contributed by atoms with Crippen LogP contribution in [0.4, 0.5) is 0 Å². The van der Waals surface area contributed by atoms with Crippen molar-refractivity contribution in [3.63, 3.8) is 0 Å². The molecule has 2 atom stereocenters. The third-order valence-electron chi connectivity index (χ3n) is 4.67. The van der Waals surface area contributed by atoms with Crippen LogP contribution >= 0.6 is 11.6 Å². The number of rotatable bonds is 3. The SMILES string of the molecule is CC(C(=O)c1ccc(Cl)cc1)N1CCN2CCCC2C1. The van der Waals surface area contributed by atoms with Crippen LogP contribution in [0.15, 0.2) is 24.3 Å². The van der Waals surface area contributed by atoms with Gasteiger partial charge in [0.25, 0.3) is 0 Å². The molecule has 4 heteroatoms. The van der Waals surface area contributed by atoms with E-state index in [2.05, 4.69) is 9.80 Å². The number of fused-ring (bicyclic) bond motifs is 1. The fraction of sp³-hybridized carbons (Fsp3) is 0.562. The van der Waals surface area contributed by atoms with Crippen molar-refractivity contribution in [3.8, 4) is 0 Å². The Labute approximate surface area is 125 Å². The van der Waals surface area contributed by atoms with Crippen molar-refractivity contribution in [2.75, 3.05) is 26.2 Å². The first-order chi connectivity index (χ1) is 9.65. The number of Topliss-reactive ketones (excluding diaryl/α,β-unsaturated/α-hetero) is 1. The molecule has 108 valence electrons. The maximum atomic E-state index is 12.5. The summed E-state index contributed by atoms with van der Waals surface area (Å²) in [5.41, 5.74) is 0.760. The van der Waals surface area contributed by atoms with E-state index in [1.165, 1.54) is 19.4 Å². The molecule has 2 unspecified atom stereocenters. The number of benzene rings is 1. The van der Waals surface area contributed by atoms with Gasteiger partial charge >= 0.3 is 0 Å². The molecule has 0 saturated carbocycles. The molecule has 0 radical (unpaired) electrons. The zero-order chi connectivity index (χ0) is 14.1. The van der Waals surface area contributed by atoms with Gasteiger partial charge in [-0.05, 0) is 50.6 Å². The Balaban J connectivity index is 1.67. The van der Waals surface area contributed by atoms with E-state index >= 15 is 0 Å². The summed E-state index contributed by atoms with van der Waals surface area (Å²) in [4.78, 5) is 17.5. The highest BCUT2D eigenvalue weighted by Crippen LogP contribution is 2.23. The lowest BCUT2D eigenvalue weighted by Crippen LogP contribution is -2.54. The third-order valence-corrected chi connectivity index (χ3v) is 4.93. The van der Waals surface area contributed by atoms with Crippen molar-refractivity contribution in [3.05, 3.63) is 34.9 Å². The molecular formula is C16H21ClN2O. The van der Waals surface area contributed by atoms with Crippen molar-refractivity contribution in [1.29, 1.82) is 0 Å². The second kappa shape index (κ2) is 5.84. The summed E-state index contributed by atoms with van der Waals surface area (Å²) in [5.74, 6) is 0.202. The van der Waals surface area contributed by atoms with E-state index in [1.807, 2.05) is 19.1 Å². The van der Waals surface area contributed by atoms with Crippen LogP contribution < -0.4 is 0 Å². The van der Waals surface area contributed by atoms with Crippen molar-refractivity contribution < 1.29 is 4.79 Å². The van der Waals surface area contributed by atoms with E-state index in [-0.39, 0.29) is 11.8 Å². The molecule has 0 spiro atoms. The van der Waals surface area contributed by atoms with E-state index in [9.17, 15) is 4.79 Å². The number of carbonyl (C=O) groups excluding carboxylic acids is 1. The minimum absolute atomic E-state index is 0.0427. The maximum Gasteiger partial charge on any atom is 0.179 e. The minimum Gasteiger partial charge on any atom is -0.298 e. The van der Waals surface area contributed by atoms with Gasteiger partial charge in [0.1, 0.15) is 0 Å². The number of hydrogen-bond donors (Lipinski definition) is 0. The lowest BCUT2D eigenvalue weighted by molar-refractivity contribution is 0.0602. The molecule has 20 heavy (non-hydrogen) atoms. The second-order valence-corrected chi connectivity index (χ2v) is 6.31. The molecule has 3 nitrogen and oxygen atoms in total. The van der Waals surface area contributed by atoms with Crippen LogP contribution in [0, 0.1) is 0 Å². The first-order valence-electron chi connectivity index (χ1n) is 7.43. The first-order valence-corrected chi connectivity index (χ1v) is 7.81. The van der Waals surface area contributed by atoms with Crippen molar-refractivity contribution >= 4 is 17.4 Å². The van der Waals surface area contributed by atoms with Crippen LogP contribution in [0.25, 0.3) is 0 Å². The van der Waals surface area contributed by atoms with Gasteiger partial charge in [0, 0.05) is 36.3 Å². The predicted molar refractivity (Wildman–Crippen MR) is 81.4 cm³/mol. The van der Waals surface area contributed by atoms with Gasteiger partial charge in [-0.3, -0.25) is 14.6 Å². The quantitative estimate of drug-likeness (QED) is 0.800. The highest BCUT2D eigenvalue weighted by atomic mass is 35.5. The third kappa shape index (κ3) is 2.76. The zero-order valence-electron chi connectivity index (χ0n) is 11.9. The maximum absolute atomic E-state index is 12.5. The molecule has 2 saturated heterocycles. The second-order valence-electron chi connectivity index (χ2n) is 5.87. The van der Waals surface area contributed by atoms with Gasteiger partial charge in [-0.2, -0.15) is 0 Å². The summed E-state index contributed by atoms with van der Waals surface area (Å²) in [6, 6.07) is 7.84. The van der Waals surface area contributed by atoms with Gasteiger partial charge < -0.3 is 0 Å². The minimum atomic E-state index is -0.0427. The summed E-state index contributed by atoms with van der Waals surface area (Å²) < 4.78 is 0. The van der Waals surface area contributed by atoms with Crippen molar-refractivity contribution in [2.45, 2.75) is 31.8 Å². The summed E-state index contributed by atoms with van der Waals surface area (Å²) in [7, 11) is 0. The fourth-order valence-corrected chi connectivity index (χ4v) is 3.51. The molecule has 0 aromatic heterocycles. The van der Waals surface area contributed by atoms with Crippen molar-refractivity contribution in [2.24, 2.45) is 0 Å². The van der Waals surface area contributed by atoms with Crippen LogP contribution in [0.1, 0.15) is 30.1 Å². The Kier molecular flexibility index (Phi) is 4.11. The molecule has 2 aliphatic rings. The zero-order valence-corrected chi connectivity index (χ0v) is 12.6. The number of piperazine rings is 1. The normalized spacial score (nSPS) is 25.4. The van der Waals surface area contributed by atoms with Crippen LogP contribution in [0.2, 0.25) is 5.02 Å². The van der Waals surface area contributed by atoms with E-state index in [1.54, 1.807) is 12.1 Å². The van der Waals surface area contributed by atoms with Crippen LogP contribution in [-0.2, 0) is 0 Å². The Morgan fingerprint density at radius 1 is 1.25 bits per heavy atom. The largest absolute Gasteiger partial charge is 0.298 e. The molecule has 0 N–H and O–H groups in total. The number of nitrogens with zero attached hydrogens (tertiary/aromatic N) is 2. The molecule has 0 amide bonds. The van der Waals surface area contributed by atoms with Gasteiger partial charge in [-0.15, -0.1) is 0 Å². The Hall–Kier alpha value is -0.900. The topological polar surface area (TPSA) is 23.6 Å². The average Bonchev–Trinajstić information content (AvgIpc) is 2.94. The summed E-state index contributed by atoms with van der Waals surface area (Å²) >= 11 is 5.88. The smallest absolute Gasteiger partial charge is 0.179 e. The highest BCUT2D eigenvalue weighted by Gasteiger charge is 2.34. The monoisotopic (exact) mass is 292 g/mol. The lowest BCUT2D eigenvalue weighted by atomic mass is 10.0. The number of carbonyl (C=O) groups is 1. The number of halogens is 1. The van der Waals surface area contributed by atoms with Gasteiger partial charge in [0.05, 0.1) is 6.04 Å². The summed E-state index contributed by atoms with van der Waals surface area (Å²) in [6.07, 6.45) is 2.58. The van der Waals surface area contributed by atoms with Crippen molar-refractivity contribution in [1.82, 2.24) is 9.80 Å². The van der Waals surface area contributed by atoms with Crippen LogP contribution in [0.3, 0.4) is 0 Å². The van der Waals surface area contributed by atoms with E-state index in [0.717, 1.165) is 25.2 Å². The Morgan fingerprint density at radius 2 is 2.00 bits per heavy atom.